The predicted octanol–water partition coefficient (Wildman–Crippen LogP) is 2.72. The minimum atomic E-state index is -0.120. The summed E-state index contributed by atoms with van der Waals surface area (Å²) in [4.78, 5) is 0. The molecule has 13 heavy (non-hydrogen) atoms. The molecule has 0 saturated heterocycles. The second-order valence-corrected chi connectivity index (χ2v) is 3.47. The summed E-state index contributed by atoms with van der Waals surface area (Å²) in [7, 11) is 1.83. The first-order valence-electron chi connectivity index (χ1n) is 4.50. The Balaban J connectivity index is 3.15. The summed E-state index contributed by atoms with van der Waals surface area (Å²) in [6.45, 7) is 5.88. The van der Waals surface area contributed by atoms with Crippen LogP contribution in [0.5, 0.6) is 0 Å². The lowest BCUT2D eigenvalue weighted by molar-refractivity contribution is 0.560. The molecule has 0 fully saturated rings. The third-order valence-corrected chi connectivity index (χ3v) is 2.51. The zero-order valence-corrected chi connectivity index (χ0v) is 8.61. The van der Waals surface area contributed by atoms with Gasteiger partial charge in [0.15, 0.2) is 0 Å². The highest BCUT2D eigenvalue weighted by atomic mass is 19.1. The van der Waals surface area contributed by atoms with Gasteiger partial charge >= 0.3 is 0 Å². The van der Waals surface area contributed by atoms with Gasteiger partial charge in [0.1, 0.15) is 5.82 Å². The maximum absolute atomic E-state index is 13.4. The molecule has 1 aromatic carbocycles. The maximum Gasteiger partial charge on any atom is 0.128 e. The number of nitrogens with one attached hydrogen (secondary N) is 1. The summed E-state index contributed by atoms with van der Waals surface area (Å²) < 4.78 is 13.4. The molecule has 1 atom stereocenters. The van der Waals surface area contributed by atoms with Crippen molar-refractivity contribution in [1.29, 1.82) is 0 Å². The zero-order chi connectivity index (χ0) is 10.0. The molecular formula is C11H16FN. The van der Waals surface area contributed by atoms with Crippen LogP contribution < -0.4 is 5.32 Å². The van der Waals surface area contributed by atoms with E-state index < -0.39 is 0 Å². The number of rotatable bonds is 2. The van der Waals surface area contributed by atoms with E-state index in [9.17, 15) is 4.39 Å². The molecule has 1 nitrogen and oxygen atoms in total. The number of halogens is 1. The normalized spacial score (nSPS) is 13.0. The Hall–Kier alpha value is -0.890. The Morgan fingerprint density at radius 3 is 2.31 bits per heavy atom. The van der Waals surface area contributed by atoms with Crippen molar-refractivity contribution in [3.05, 3.63) is 34.6 Å². The van der Waals surface area contributed by atoms with E-state index >= 15 is 0 Å². The molecular weight excluding hydrogens is 165 g/mol. The molecule has 0 amide bonds. The van der Waals surface area contributed by atoms with Crippen molar-refractivity contribution in [2.45, 2.75) is 26.8 Å². The quantitative estimate of drug-likeness (QED) is 0.739. The molecule has 0 bridgehead atoms. The second kappa shape index (κ2) is 3.88. The Morgan fingerprint density at radius 1 is 1.23 bits per heavy atom. The highest BCUT2D eigenvalue weighted by molar-refractivity contribution is 5.32. The van der Waals surface area contributed by atoms with Crippen molar-refractivity contribution in [3.63, 3.8) is 0 Å². The average molecular weight is 181 g/mol. The third kappa shape index (κ3) is 2.07. The van der Waals surface area contributed by atoms with Crippen LogP contribution in [0.2, 0.25) is 0 Å². The van der Waals surface area contributed by atoms with Crippen molar-refractivity contribution < 1.29 is 4.39 Å². The van der Waals surface area contributed by atoms with Crippen LogP contribution in [0, 0.1) is 19.7 Å². The van der Waals surface area contributed by atoms with E-state index in [0.29, 0.717) is 0 Å². The lowest BCUT2D eigenvalue weighted by atomic mass is 10.0. The third-order valence-electron chi connectivity index (χ3n) is 2.51. The number of benzene rings is 1. The first-order chi connectivity index (χ1) is 6.06. The van der Waals surface area contributed by atoms with Gasteiger partial charge in [0, 0.05) is 11.6 Å². The van der Waals surface area contributed by atoms with Crippen molar-refractivity contribution >= 4 is 0 Å². The molecule has 0 spiro atoms. The first kappa shape index (κ1) is 10.2. The second-order valence-electron chi connectivity index (χ2n) is 3.47. The summed E-state index contributed by atoms with van der Waals surface area (Å²) in [6, 6.07) is 3.57. The predicted molar refractivity (Wildman–Crippen MR) is 53.3 cm³/mol. The highest BCUT2D eigenvalue weighted by Crippen LogP contribution is 2.20. The minimum Gasteiger partial charge on any atom is -0.313 e. The lowest BCUT2D eigenvalue weighted by Crippen LogP contribution is -2.14. The van der Waals surface area contributed by atoms with Crippen LogP contribution in [0.3, 0.4) is 0 Å². The number of hydrogen-bond donors (Lipinski definition) is 1. The van der Waals surface area contributed by atoms with E-state index in [2.05, 4.69) is 5.32 Å². The highest BCUT2D eigenvalue weighted by Gasteiger charge is 2.09. The summed E-state index contributed by atoms with van der Waals surface area (Å²) in [5.41, 5.74) is 2.88. The largest absolute Gasteiger partial charge is 0.313 e. The fourth-order valence-electron chi connectivity index (χ4n) is 1.29. The topological polar surface area (TPSA) is 12.0 Å². The van der Waals surface area contributed by atoms with Gasteiger partial charge in [0.25, 0.3) is 0 Å². The summed E-state index contributed by atoms with van der Waals surface area (Å²) >= 11 is 0. The molecule has 0 aromatic heterocycles. The van der Waals surface area contributed by atoms with Crippen molar-refractivity contribution in [2.75, 3.05) is 7.05 Å². The van der Waals surface area contributed by atoms with Crippen LogP contribution >= 0.6 is 0 Å². The standard InChI is InChI=1S/C11H16FN/c1-7-5-10(9(3)13-4)11(12)6-8(7)2/h5-6,9,13H,1-4H3. The SMILES string of the molecule is CNC(C)c1cc(C)c(C)cc1F. The Kier molecular flexibility index (Phi) is 3.04. The fraction of sp³-hybridized carbons (Fsp3) is 0.455. The maximum atomic E-state index is 13.4. The smallest absolute Gasteiger partial charge is 0.128 e. The molecule has 0 radical (unpaired) electrons. The average Bonchev–Trinajstić information content (AvgIpc) is 2.10. The van der Waals surface area contributed by atoms with E-state index in [1.54, 1.807) is 6.07 Å². The van der Waals surface area contributed by atoms with Gasteiger partial charge in [-0.05, 0) is 45.0 Å². The van der Waals surface area contributed by atoms with Gasteiger partial charge < -0.3 is 5.32 Å². The molecule has 0 heterocycles. The van der Waals surface area contributed by atoms with E-state index in [-0.39, 0.29) is 11.9 Å². The van der Waals surface area contributed by atoms with Gasteiger partial charge in [-0.1, -0.05) is 6.07 Å². The molecule has 1 rings (SSSR count). The van der Waals surface area contributed by atoms with Crippen LogP contribution in [0.15, 0.2) is 12.1 Å². The summed E-state index contributed by atoms with van der Waals surface area (Å²) in [5, 5.41) is 3.03. The van der Waals surface area contributed by atoms with Crippen LogP contribution in [0.1, 0.15) is 29.7 Å². The summed E-state index contributed by atoms with van der Waals surface area (Å²) in [6.07, 6.45) is 0. The monoisotopic (exact) mass is 181 g/mol. The van der Waals surface area contributed by atoms with Crippen LogP contribution in [-0.4, -0.2) is 7.05 Å². The zero-order valence-electron chi connectivity index (χ0n) is 8.61. The number of aryl methyl sites for hydroxylation is 2. The fourth-order valence-corrected chi connectivity index (χ4v) is 1.29. The molecule has 0 aliphatic heterocycles. The van der Waals surface area contributed by atoms with Gasteiger partial charge in [-0.3, -0.25) is 0 Å². The van der Waals surface area contributed by atoms with Gasteiger partial charge in [0.2, 0.25) is 0 Å². The molecule has 1 unspecified atom stereocenters. The molecule has 0 aliphatic rings. The Labute approximate surface area is 79.0 Å². The van der Waals surface area contributed by atoms with E-state index in [1.165, 1.54) is 0 Å². The van der Waals surface area contributed by atoms with Gasteiger partial charge in [-0.15, -0.1) is 0 Å². The molecule has 1 aromatic rings. The van der Waals surface area contributed by atoms with E-state index in [1.807, 2.05) is 33.9 Å². The minimum absolute atomic E-state index is 0.0688. The molecule has 1 N–H and O–H groups in total. The van der Waals surface area contributed by atoms with Gasteiger partial charge in [0.05, 0.1) is 0 Å². The van der Waals surface area contributed by atoms with Crippen molar-refractivity contribution in [2.24, 2.45) is 0 Å². The molecule has 2 heteroatoms. The molecule has 0 saturated carbocycles. The number of hydrogen-bond acceptors (Lipinski definition) is 1. The van der Waals surface area contributed by atoms with Gasteiger partial charge in [-0.2, -0.15) is 0 Å². The van der Waals surface area contributed by atoms with Crippen molar-refractivity contribution in [3.8, 4) is 0 Å². The van der Waals surface area contributed by atoms with Crippen molar-refractivity contribution in [1.82, 2.24) is 5.32 Å². The lowest BCUT2D eigenvalue weighted by Gasteiger charge is -2.13. The van der Waals surface area contributed by atoms with Gasteiger partial charge in [-0.25, -0.2) is 4.39 Å². The molecule has 72 valence electrons. The Morgan fingerprint density at radius 2 is 1.77 bits per heavy atom. The summed E-state index contributed by atoms with van der Waals surface area (Å²) in [5.74, 6) is -0.120. The Bertz CT molecular complexity index is 307. The van der Waals surface area contributed by atoms with E-state index in [0.717, 1.165) is 16.7 Å². The van der Waals surface area contributed by atoms with Crippen LogP contribution in [-0.2, 0) is 0 Å². The molecule has 0 aliphatic carbocycles. The van der Waals surface area contributed by atoms with Crippen LogP contribution in [0.25, 0.3) is 0 Å². The first-order valence-corrected chi connectivity index (χ1v) is 4.50. The van der Waals surface area contributed by atoms with Crippen LogP contribution in [0.4, 0.5) is 4.39 Å². The van der Waals surface area contributed by atoms with E-state index in [4.69, 9.17) is 0 Å².